The lowest BCUT2D eigenvalue weighted by molar-refractivity contribution is -0.131. The lowest BCUT2D eigenvalue weighted by atomic mass is 10.3. The SMILES string of the molecule is Cc1nc(CN2CCN(C(=O)CNc3cccnc3)CC2)n[nH]1. The van der Waals surface area contributed by atoms with Gasteiger partial charge >= 0.3 is 0 Å². The quantitative estimate of drug-likeness (QED) is 0.823. The first-order chi connectivity index (χ1) is 11.2. The predicted molar refractivity (Wildman–Crippen MR) is 85.7 cm³/mol. The molecule has 2 N–H and O–H groups in total. The van der Waals surface area contributed by atoms with Gasteiger partial charge in [-0.15, -0.1) is 0 Å². The van der Waals surface area contributed by atoms with Crippen molar-refractivity contribution in [1.29, 1.82) is 0 Å². The van der Waals surface area contributed by atoms with E-state index in [1.54, 1.807) is 12.4 Å². The monoisotopic (exact) mass is 315 g/mol. The van der Waals surface area contributed by atoms with E-state index < -0.39 is 0 Å². The zero-order valence-electron chi connectivity index (χ0n) is 13.2. The van der Waals surface area contributed by atoms with Gasteiger partial charge in [0.1, 0.15) is 5.82 Å². The number of carbonyl (C=O) groups is 1. The standard InChI is InChI=1S/C15H21N7O/c1-12-18-14(20-19-12)11-21-5-7-22(8-6-21)15(23)10-17-13-3-2-4-16-9-13/h2-4,9,17H,5-8,10-11H2,1H3,(H,18,19,20). The molecule has 3 heterocycles. The van der Waals surface area contributed by atoms with E-state index in [0.717, 1.165) is 50.1 Å². The summed E-state index contributed by atoms with van der Waals surface area (Å²) in [5, 5.41) is 10.1. The van der Waals surface area contributed by atoms with Crippen molar-refractivity contribution in [3.8, 4) is 0 Å². The van der Waals surface area contributed by atoms with Gasteiger partial charge in [0, 0.05) is 38.6 Å². The molecule has 2 aromatic rings. The van der Waals surface area contributed by atoms with Crippen LogP contribution in [-0.4, -0.2) is 68.6 Å². The minimum Gasteiger partial charge on any atom is -0.375 e. The molecule has 1 saturated heterocycles. The van der Waals surface area contributed by atoms with Gasteiger partial charge in [0.15, 0.2) is 5.82 Å². The summed E-state index contributed by atoms with van der Waals surface area (Å²) in [7, 11) is 0. The Morgan fingerprint density at radius 3 is 2.83 bits per heavy atom. The number of pyridine rings is 1. The van der Waals surface area contributed by atoms with Gasteiger partial charge in [-0.3, -0.25) is 19.8 Å². The summed E-state index contributed by atoms with van der Waals surface area (Å²) >= 11 is 0. The van der Waals surface area contributed by atoms with Gasteiger partial charge in [-0.2, -0.15) is 5.10 Å². The van der Waals surface area contributed by atoms with E-state index in [-0.39, 0.29) is 5.91 Å². The molecule has 1 aliphatic rings. The topological polar surface area (TPSA) is 90.0 Å². The molecule has 0 spiro atoms. The Morgan fingerprint density at radius 2 is 2.17 bits per heavy atom. The van der Waals surface area contributed by atoms with Crippen molar-refractivity contribution in [1.82, 2.24) is 30.0 Å². The van der Waals surface area contributed by atoms with E-state index in [4.69, 9.17) is 0 Å². The highest BCUT2D eigenvalue weighted by atomic mass is 16.2. The highest BCUT2D eigenvalue weighted by molar-refractivity contribution is 5.80. The average molecular weight is 315 g/mol. The van der Waals surface area contributed by atoms with E-state index in [9.17, 15) is 4.79 Å². The predicted octanol–water partition coefficient (Wildman–Crippen LogP) is 0.264. The second kappa shape index (κ2) is 7.19. The molecule has 2 aromatic heterocycles. The maximum Gasteiger partial charge on any atom is 0.241 e. The Kier molecular flexibility index (Phi) is 4.82. The van der Waals surface area contributed by atoms with Crippen molar-refractivity contribution in [2.75, 3.05) is 38.0 Å². The summed E-state index contributed by atoms with van der Waals surface area (Å²) in [6.07, 6.45) is 3.42. The summed E-state index contributed by atoms with van der Waals surface area (Å²) in [6.45, 7) is 6.06. The van der Waals surface area contributed by atoms with Crippen molar-refractivity contribution < 1.29 is 4.79 Å². The van der Waals surface area contributed by atoms with E-state index in [0.29, 0.717) is 6.54 Å². The summed E-state index contributed by atoms with van der Waals surface area (Å²) in [4.78, 5) is 24.7. The van der Waals surface area contributed by atoms with Gasteiger partial charge in [-0.25, -0.2) is 4.98 Å². The molecule has 0 unspecified atom stereocenters. The molecule has 0 aromatic carbocycles. The lowest BCUT2D eigenvalue weighted by Crippen LogP contribution is -2.49. The third-order valence-corrected chi connectivity index (χ3v) is 3.84. The number of H-pyrrole nitrogens is 1. The van der Waals surface area contributed by atoms with Gasteiger partial charge in [-0.1, -0.05) is 0 Å². The maximum absolute atomic E-state index is 12.2. The number of rotatable bonds is 5. The summed E-state index contributed by atoms with van der Waals surface area (Å²) in [5.41, 5.74) is 0.861. The highest BCUT2D eigenvalue weighted by Gasteiger charge is 2.21. The first-order valence-electron chi connectivity index (χ1n) is 7.72. The summed E-state index contributed by atoms with van der Waals surface area (Å²) in [5.74, 6) is 1.75. The Balaban J connectivity index is 1.42. The maximum atomic E-state index is 12.2. The number of hydrogen-bond donors (Lipinski definition) is 2. The highest BCUT2D eigenvalue weighted by Crippen LogP contribution is 2.07. The number of aromatic nitrogens is 4. The van der Waals surface area contributed by atoms with Crippen LogP contribution in [0.3, 0.4) is 0 Å². The van der Waals surface area contributed by atoms with Gasteiger partial charge in [0.25, 0.3) is 0 Å². The van der Waals surface area contributed by atoms with Gasteiger partial charge in [0.05, 0.1) is 18.8 Å². The molecule has 122 valence electrons. The molecule has 23 heavy (non-hydrogen) atoms. The van der Waals surface area contributed by atoms with E-state index in [2.05, 4.69) is 30.4 Å². The van der Waals surface area contributed by atoms with Crippen molar-refractivity contribution in [2.24, 2.45) is 0 Å². The van der Waals surface area contributed by atoms with Crippen LogP contribution in [0.4, 0.5) is 5.69 Å². The molecular formula is C15H21N7O. The van der Waals surface area contributed by atoms with Crippen LogP contribution < -0.4 is 5.32 Å². The molecule has 3 rings (SSSR count). The van der Waals surface area contributed by atoms with Gasteiger partial charge < -0.3 is 10.2 Å². The molecule has 1 aliphatic heterocycles. The fraction of sp³-hybridized carbons (Fsp3) is 0.467. The van der Waals surface area contributed by atoms with Crippen LogP contribution in [0.25, 0.3) is 0 Å². The number of carbonyl (C=O) groups excluding carboxylic acids is 1. The third-order valence-electron chi connectivity index (χ3n) is 3.84. The largest absolute Gasteiger partial charge is 0.375 e. The molecule has 0 bridgehead atoms. The van der Waals surface area contributed by atoms with E-state index in [1.807, 2.05) is 24.0 Å². The molecule has 0 atom stereocenters. The van der Waals surface area contributed by atoms with Gasteiger partial charge in [0.2, 0.25) is 5.91 Å². The molecule has 1 amide bonds. The molecule has 8 nitrogen and oxygen atoms in total. The van der Waals surface area contributed by atoms with Crippen LogP contribution in [-0.2, 0) is 11.3 Å². The van der Waals surface area contributed by atoms with Crippen molar-refractivity contribution in [3.05, 3.63) is 36.2 Å². The fourth-order valence-corrected chi connectivity index (χ4v) is 2.57. The molecule has 0 saturated carbocycles. The van der Waals surface area contributed by atoms with Crippen LogP contribution in [0.15, 0.2) is 24.5 Å². The third kappa shape index (κ3) is 4.26. The number of aryl methyl sites for hydroxylation is 1. The number of anilines is 1. The van der Waals surface area contributed by atoms with Crippen LogP contribution in [0.5, 0.6) is 0 Å². The first kappa shape index (κ1) is 15.4. The Hall–Kier alpha value is -2.48. The zero-order chi connectivity index (χ0) is 16.1. The fourth-order valence-electron chi connectivity index (χ4n) is 2.57. The Morgan fingerprint density at radius 1 is 1.35 bits per heavy atom. The summed E-state index contributed by atoms with van der Waals surface area (Å²) in [6, 6.07) is 3.74. The molecular weight excluding hydrogens is 294 g/mol. The number of hydrogen-bond acceptors (Lipinski definition) is 6. The van der Waals surface area contributed by atoms with E-state index in [1.165, 1.54) is 0 Å². The number of aromatic amines is 1. The first-order valence-corrected chi connectivity index (χ1v) is 7.72. The van der Waals surface area contributed by atoms with Crippen molar-refractivity contribution in [2.45, 2.75) is 13.5 Å². The molecule has 1 fully saturated rings. The van der Waals surface area contributed by atoms with Crippen LogP contribution in [0.2, 0.25) is 0 Å². The minimum absolute atomic E-state index is 0.113. The summed E-state index contributed by atoms with van der Waals surface area (Å²) < 4.78 is 0. The Labute approximate surface area is 134 Å². The number of nitrogens with one attached hydrogen (secondary N) is 2. The van der Waals surface area contributed by atoms with Crippen molar-refractivity contribution >= 4 is 11.6 Å². The smallest absolute Gasteiger partial charge is 0.241 e. The number of nitrogens with zero attached hydrogens (tertiary/aromatic N) is 5. The number of amides is 1. The average Bonchev–Trinajstić information content (AvgIpc) is 2.99. The zero-order valence-corrected chi connectivity index (χ0v) is 13.2. The van der Waals surface area contributed by atoms with Crippen LogP contribution in [0.1, 0.15) is 11.6 Å². The van der Waals surface area contributed by atoms with Crippen molar-refractivity contribution in [3.63, 3.8) is 0 Å². The lowest BCUT2D eigenvalue weighted by Gasteiger charge is -2.34. The Bertz CT molecular complexity index is 634. The second-order valence-electron chi connectivity index (χ2n) is 5.59. The van der Waals surface area contributed by atoms with Crippen LogP contribution in [0, 0.1) is 6.92 Å². The molecule has 8 heteroatoms. The number of piperazine rings is 1. The second-order valence-corrected chi connectivity index (χ2v) is 5.59. The normalized spacial score (nSPS) is 15.6. The van der Waals surface area contributed by atoms with Crippen LogP contribution >= 0.6 is 0 Å². The molecule has 0 radical (unpaired) electrons. The minimum atomic E-state index is 0.113. The van der Waals surface area contributed by atoms with E-state index >= 15 is 0 Å². The van der Waals surface area contributed by atoms with Gasteiger partial charge in [-0.05, 0) is 19.1 Å². The molecule has 0 aliphatic carbocycles.